The van der Waals surface area contributed by atoms with E-state index in [9.17, 15) is 0 Å². The molecule has 0 atom stereocenters. The molecule has 4 heavy (non-hydrogen) atoms. The van der Waals surface area contributed by atoms with Crippen molar-refractivity contribution >= 4 is 23.9 Å². The average Bonchev–Trinajstić information content (AvgIpc) is 0.918. The zero-order valence-electron chi connectivity index (χ0n) is 1.72. The maximum absolute atomic E-state index is 7.88. The molecule has 0 bridgehead atoms. The van der Waals surface area contributed by atoms with Gasteiger partial charge in [-0.1, -0.05) is 0 Å². The first-order valence-corrected chi connectivity index (χ1v) is 0.333. The summed E-state index contributed by atoms with van der Waals surface area (Å²) in [6.45, 7) is 0. The van der Waals surface area contributed by atoms with E-state index in [0.717, 1.165) is 0 Å². The van der Waals surface area contributed by atoms with Gasteiger partial charge in [0.25, 0.3) is 0 Å². The van der Waals surface area contributed by atoms with Gasteiger partial charge in [-0.3, -0.25) is 0 Å². The largest absolute Gasteiger partial charge is 2.00 e. The molecule has 0 saturated heterocycles. The van der Waals surface area contributed by atoms with Crippen LogP contribution in [0.5, 0.6) is 0 Å². The van der Waals surface area contributed by atoms with E-state index in [1.54, 1.807) is 5.04 Å². The van der Waals surface area contributed by atoms with Gasteiger partial charge in [-0.25, -0.2) is 0 Å². The van der Waals surface area contributed by atoms with Crippen LogP contribution in [0.25, 0.3) is 0 Å². The van der Waals surface area contributed by atoms with Gasteiger partial charge in [-0.2, -0.15) is 0 Å². The average molecular weight is 167 g/mol. The first-order valence-electron chi connectivity index (χ1n) is 0.333. The Hall–Kier alpha value is 0.679. The maximum atomic E-state index is 7.88. The van der Waals surface area contributed by atoms with Gasteiger partial charge in [0.05, 0.1) is 0 Å². The minimum atomic E-state index is 0. The van der Waals surface area contributed by atoms with Gasteiger partial charge in [-0.15, -0.1) is 0 Å². The van der Waals surface area contributed by atoms with Crippen molar-refractivity contribution in [3.05, 3.63) is 0 Å². The monoisotopic (exact) mass is 168 g/mol. The SMILES string of the molecule is [O-]O[O-].[Sn+2]. The van der Waals surface area contributed by atoms with Crippen molar-refractivity contribution in [1.29, 1.82) is 0 Å². The van der Waals surface area contributed by atoms with Crippen LogP contribution in [0.1, 0.15) is 0 Å². The molecule has 0 saturated carbocycles. The zero-order chi connectivity index (χ0) is 2.71. The molecular weight excluding hydrogens is 167 g/mol. The first-order chi connectivity index (χ1) is 1.41. The second-order valence-corrected chi connectivity index (χ2v) is 0.0680. The van der Waals surface area contributed by atoms with Gasteiger partial charge in [0.2, 0.25) is 0 Å². The Morgan fingerprint density at radius 3 is 1.25 bits per heavy atom. The van der Waals surface area contributed by atoms with Crippen LogP contribution in [0.15, 0.2) is 0 Å². The molecule has 0 aromatic heterocycles. The molecule has 0 N–H and O–H groups in total. The van der Waals surface area contributed by atoms with Crippen LogP contribution in [-0.4, -0.2) is 23.9 Å². The quantitative estimate of drug-likeness (QED) is 0.222. The second-order valence-electron chi connectivity index (χ2n) is 0.0680. The molecular formula is O3Sn. The molecule has 0 heterocycles. The fourth-order valence-corrected chi connectivity index (χ4v) is 0. The summed E-state index contributed by atoms with van der Waals surface area (Å²) in [5.74, 6) is 0. The predicted molar refractivity (Wildman–Crippen MR) is 6.84 cm³/mol. The molecule has 0 aromatic rings. The fourth-order valence-electron chi connectivity index (χ4n) is 0. The Labute approximate surface area is 40.0 Å². The molecule has 0 aliphatic rings. The summed E-state index contributed by atoms with van der Waals surface area (Å²) < 4.78 is 0. The molecule has 0 rings (SSSR count). The van der Waals surface area contributed by atoms with E-state index in [-0.39, 0.29) is 23.9 Å². The number of rotatable bonds is 0. The van der Waals surface area contributed by atoms with Gasteiger partial charge < -0.3 is 15.6 Å². The van der Waals surface area contributed by atoms with Crippen molar-refractivity contribution in [2.45, 2.75) is 0 Å². The third-order valence-electron chi connectivity index (χ3n) is 0. The van der Waals surface area contributed by atoms with Crippen molar-refractivity contribution in [3.63, 3.8) is 0 Å². The Morgan fingerprint density at radius 2 is 1.25 bits per heavy atom. The topological polar surface area (TPSA) is 55.3 Å². The van der Waals surface area contributed by atoms with Crippen molar-refractivity contribution < 1.29 is 15.6 Å². The van der Waals surface area contributed by atoms with E-state index in [1.807, 2.05) is 0 Å². The van der Waals surface area contributed by atoms with Crippen LogP contribution < -0.4 is 10.5 Å². The Morgan fingerprint density at radius 1 is 1.25 bits per heavy atom. The minimum Gasteiger partial charge on any atom is -0.734 e. The number of hydrogen-bond donors (Lipinski definition) is 0. The molecule has 0 spiro atoms. The van der Waals surface area contributed by atoms with E-state index in [1.165, 1.54) is 0 Å². The Balaban J connectivity index is 0. The van der Waals surface area contributed by atoms with Gasteiger partial charge >= 0.3 is 23.9 Å². The van der Waals surface area contributed by atoms with Crippen LogP contribution >= 0.6 is 0 Å². The Bertz CT molecular complexity index is 3.25. The standard InChI is InChI=1S/H2O3.Sn/c1-3-2;/h1-2H;/q;+2/p-2. The molecule has 4 heteroatoms. The van der Waals surface area contributed by atoms with Crippen molar-refractivity contribution in [1.82, 2.24) is 0 Å². The molecule has 0 unspecified atom stereocenters. The molecule has 0 amide bonds. The summed E-state index contributed by atoms with van der Waals surface area (Å²) in [6, 6.07) is 0. The fraction of sp³-hybridized carbons (Fsp3) is 0. The van der Waals surface area contributed by atoms with Gasteiger partial charge in [-0.05, 0) is 0 Å². The van der Waals surface area contributed by atoms with E-state index in [4.69, 9.17) is 10.5 Å². The van der Waals surface area contributed by atoms with Crippen LogP contribution in [0.4, 0.5) is 0 Å². The summed E-state index contributed by atoms with van der Waals surface area (Å²) in [7, 11) is 0. The summed E-state index contributed by atoms with van der Waals surface area (Å²) in [5, 5.41) is 17.5. The minimum absolute atomic E-state index is 0. The normalized spacial score (nSPS) is 4.50. The van der Waals surface area contributed by atoms with Crippen molar-refractivity contribution in [2.75, 3.05) is 0 Å². The van der Waals surface area contributed by atoms with Gasteiger partial charge in [0.1, 0.15) is 0 Å². The van der Waals surface area contributed by atoms with E-state index in [0.29, 0.717) is 0 Å². The van der Waals surface area contributed by atoms with Crippen LogP contribution in [-0.2, 0) is 5.04 Å². The molecule has 0 fully saturated rings. The van der Waals surface area contributed by atoms with Crippen LogP contribution in [0.2, 0.25) is 0 Å². The smallest absolute Gasteiger partial charge is 0.734 e. The Kier molecular flexibility index (Phi) is 20.7. The summed E-state index contributed by atoms with van der Waals surface area (Å²) in [5.41, 5.74) is 0. The van der Waals surface area contributed by atoms with E-state index < -0.39 is 0 Å². The molecule has 2 radical (unpaired) electrons. The predicted octanol–water partition coefficient (Wildman–Crippen LogP) is -2.83. The summed E-state index contributed by atoms with van der Waals surface area (Å²) >= 11 is 0. The third kappa shape index (κ3) is 16.4. The van der Waals surface area contributed by atoms with E-state index >= 15 is 0 Å². The van der Waals surface area contributed by atoms with Gasteiger partial charge in [0, 0.05) is 0 Å². The molecule has 3 nitrogen and oxygen atoms in total. The molecule has 0 aliphatic carbocycles. The summed E-state index contributed by atoms with van der Waals surface area (Å²) in [6.07, 6.45) is 0. The first kappa shape index (κ1) is 8.82. The van der Waals surface area contributed by atoms with Crippen molar-refractivity contribution in [3.8, 4) is 0 Å². The maximum Gasteiger partial charge on any atom is 2.00 e. The molecule has 0 aliphatic heterocycles. The van der Waals surface area contributed by atoms with Crippen molar-refractivity contribution in [2.24, 2.45) is 0 Å². The summed E-state index contributed by atoms with van der Waals surface area (Å²) in [4.78, 5) is 0. The van der Waals surface area contributed by atoms with Crippen LogP contribution in [0, 0.1) is 0 Å². The third-order valence-corrected chi connectivity index (χ3v) is 0. The second kappa shape index (κ2) is 9.37. The molecule has 22 valence electrons. The van der Waals surface area contributed by atoms with E-state index in [2.05, 4.69) is 0 Å². The van der Waals surface area contributed by atoms with Crippen LogP contribution in [0.3, 0.4) is 0 Å². The molecule has 0 aromatic carbocycles. The number of hydrogen-bond acceptors (Lipinski definition) is 3. The zero-order valence-corrected chi connectivity index (χ0v) is 4.58. The van der Waals surface area contributed by atoms with Gasteiger partial charge in [0.15, 0.2) is 0 Å².